The number of aromatic nitrogens is 4. The zero-order chi connectivity index (χ0) is 25.3. The molecular formula is C26H20BrN5O3S. The maximum atomic E-state index is 12.7. The first kappa shape index (κ1) is 23.9. The summed E-state index contributed by atoms with van der Waals surface area (Å²) < 4.78 is 27.3. The van der Waals surface area contributed by atoms with Crippen molar-refractivity contribution >= 4 is 48.7 Å². The number of para-hydroxylation sites is 1. The molecule has 0 unspecified atom stereocenters. The summed E-state index contributed by atoms with van der Waals surface area (Å²) in [6.07, 6.45) is 7.17. The lowest BCUT2D eigenvalue weighted by Gasteiger charge is -2.03. The lowest BCUT2D eigenvalue weighted by atomic mass is 10.1. The Balaban J connectivity index is 1.41. The number of fused-ring (bicyclic) bond motifs is 1. The molecule has 8 nitrogen and oxygen atoms in total. The van der Waals surface area contributed by atoms with Gasteiger partial charge in [0.15, 0.2) is 5.78 Å². The number of nitrogens with zero attached hydrogens (tertiary/aromatic N) is 4. The van der Waals surface area contributed by atoms with Crippen LogP contribution in [0.15, 0.2) is 101 Å². The number of primary sulfonamides is 1. The van der Waals surface area contributed by atoms with Crippen molar-refractivity contribution in [1.29, 1.82) is 0 Å². The summed E-state index contributed by atoms with van der Waals surface area (Å²) in [4.78, 5) is 12.7. The van der Waals surface area contributed by atoms with Crippen molar-refractivity contribution in [3.05, 3.63) is 113 Å². The van der Waals surface area contributed by atoms with Crippen LogP contribution in [0.4, 0.5) is 0 Å². The molecule has 5 rings (SSSR count). The van der Waals surface area contributed by atoms with E-state index in [0.717, 1.165) is 20.9 Å². The number of halogens is 1. The molecule has 0 aliphatic rings. The molecule has 36 heavy (non-hydrogen) atoms. The second-order valence-corrected chi connectivity index (χ2v) is 10.5. The Hall–Kier alpha value is -3.86. The number of rotatable bonds is 7. The Labute approximate surface area is 215 Å². The fourth-order valence-electron chi connectivity index (χ4n) is 3.92. The Morgan fingerprint density at radius 2 is 1.69 bits per heavy atom. The summed E-state index contributed by atoms with van der Waals surface area (Å²) in [5.74, 6) is -0.0873. The topological polar surface area (TPSA) is 113 Å². The molecule has 180 valence electrons. The highest BCUT2D eigenvalue weighted by atomic mass is 79.9. The summed E-state index contributed by atoms with van der Waals surface area (Å²) in [5.41, 5.74) is 3.89. The number of sulfonamides is 1. The molecule has 0 bridgehead atoms. The molecule has 2 aromatic heterocycles. The molecular weight excluding hydrogens is 542 g/mol. The highest BCUT2D eigenvalue weighted by molar-refractivity contribution is 9.10. The number of allylic oxidation sites excluding steroid dienone is 1. The van der Waals surface area contributed by atoms with Gasteiger partial charge in [0.05, 0.1) is 23.3 Å². The van der Waals surface area contributed by atoms with Crippen LogP contribution in [0.5, 0.6) is 0 Å². The zero-order valence-corrected chi connectivity index (χ0v) is 21.2. The summed E-state index contributed by atoms with van der Waals surface area (Å²) in [6, 6.07) is 21.4. The van der Waals surface area contributed by atoms with Gasteiger partial charge >= 0.3 is 0 Å². The predicted octanol–water partition coefficient (Wildman–Crippen LogP) is 4.58. The number of hydrogen-bond donors (Lipinski definition) is 1. The Morgan fingerprint density at radius 3 is 2.44 bits per heavy atom. The molecule has 0 spiro atoms. The van der Waals surface area contributed by atoms with Crippen molar-refractivity contribution in [3.63, 3.8) is 0 Å². The monoisotopic (exact) mass is 561 g/mol. The van der Waals surface area contributed by atoms with Crippen LogP contribution in [0.3, 0.4) is 0 Å². The number of carbonyl (C=O) groups is 1. The van der Waals surface area contributed by atoms with E-state index in [0.29, 0.717) is 23.5 Å². The van der Waals surface area contributed by atoms with Crippen LogP contribution in [0.2, 0.25) is 0 Å². The van der Waals surface area contributed by atoms with Crippen LogP contribution < -0.4 is 5.14 Å². The predicted molar refractivity (Wildman–Crippen MR) is 141 cm³/mol. The van der Waals surface area contributed by atoms with Crippen LogP contribution >= 0.6 is 15.9 Å². The van der Waals surface area contributed by atoms with Crippen LogP contribution in [-0.2, 0) is 16.6 Å². The summed E-state index contributed by atoms with van der Waals surface area (Å²) in [6.45, 7) is 0.460. The van der Waals surface area contributed by atoms with Crippen molar-refractivity contribution in [2.45, 2.75) is 11.4 Å². The average Bonchev–Trinajstić information content (AvgIpc) is 3.48. The minimum absolute atomic E-state index is 0.0316. The van der Waals surface area contributed by atoms with E-state index in [2.05, 4.69) is 30.8 Å². The first-order valence-corrected chi connectivity index (χ1v) is 13.2. The minimum Gasteiger partial charge on any atom is -0.341 e. The third-order valence-corrected chi connectivity index (χ3v) is 7.30. The van der Waals surface area contributed by atoms with Crippen molar-refractivity contribution in [1.82, 2.24) is 19.6 Å². The van der Waals surface area contributed by atoms with Crippen molar-refractivity contribution < 1.29 is 13.2 Å². The molecule has 0 radical (unpaired) electrons. The van der Waals surface area contributed by atoms with Gasteiger partial charge in [-0.1, -0.05) is 51.5 Å². The summed E-state index contributed by atoms with van der Waals surface area (Å²) >= 11 is 3.43. The second kappa shape index (κ2) is 9.65. The van der Waals surface area contributed by atoms with E-state index >= 15 is 0 Å². The molecule has 0 saturated heterocycles. The van der Waals surface area contributed by atoms with Gasteiger partial charge in [0.2, 0.25) is 10.0 Å². The lowest BCUT2D eigenvalue weighted by Crippen LogP contribution is -2.12. The second-order valence-electron chi connectivity index (χ2n) is 8.10. The van der Waals surface area contributed by atoms with Gasteiger partial charge in [-0.25, -0.2) is 18.2 Å². The van der Waals surface area contributed by atoms with Crippen LogP contribution in [0.1, 0.15) is 21.6 Å². The fraction of sp³-hybridized carbons (Fsp3) is 0.0385. The van der Waals surface area contributed by atoms with Crippen LogP contribution in [-0.4, -0.2) is 33.8 Å². The highest BCUT2D eigenvalue weighted by Gasteiger charge is 2.12. The van der Waals surface area contributed by atoms with E-state index in [9.17, 15) is 13.2 Å². The van der Waals surface area contributed by atoms with Gasteiger partial charge in [0, 0.05) is 32.7 Å². The molecule has 0 saturated carbocycles. The molecule has 0 aliphatic heterocycles. The number of hydrogen-bond acceptors (Lipinski definition) is 5. The smallest absolute Gasteiger partial charge is 0.238 e. The summed E-state index contributed by atoms with van der Waals surface area (Å²) in [7, 11) is -3.76. The van der Waals surface area contributed by atoms with Gasteiger partial charge in [0.25, 0.3) is 0 Å². The van der Waals surface area contributed by atoms with Crippen molar-refractivity contribution in [2.24, 2.45) is 5.14 Å². The average molecular weight is 562 g/mol. The third kappa shape index (κ3) is 4.92. The minimum atomic E-state index is -3.76. The summed E-state index contributed by atoms with van der Waals surface area (Å²) in [5, 5.41) is 14.6. The largest absolute Gasteiger partial charge is 0.341 e. The molecule has 10 heteroatoms. The molecule has 2 N–H and O–H groups in total. The number of carbonyl (C=O) groups excluding carboxylic acids is 1. The van der Waals surface area contributed by atoms with Crippen LogP contribution in [0.25, 0.3) is 22.7 Å². The standard InChI is InChI=1S/C26H20BrN5O3S/c27-24-7-3-1-6-23(24)26(33)14-9-18-15-31(25-8-4-2-5-22(18)25)16-19-17-32(30-29-19)20-10-12-21(13-11-20)36(28,34)35/h1-15,17H,16H2,(H2,28,34,35)/b14-9+. The fourth-order valence-corrected chi connectivity index (χ4v) is 4.91. The lowest BCUT2D eigenvalue weighted by molar-refractivity contribution is 0.104. The number of ketones is 1. The Bertz CT molecular complexity index is 1720. The first-order chi connectivity index (χ1) is 17.3. The van der Waals surface area contributed by atoms with Gasteiger partial charge < -0.3 is 4.57 Å². The molecule has 2 heterocycles. The molecule has 0 atom stereocenters. The maximum Gasteiger partial charge on any atom is 0.238 e. The molecule has 0 fully saturated rings. The van der Waals surface area contributed by atoms with Crippen molar-refractivity contribution in [3.8, 4) is 5.69 Å². The first-order valence-electron chi connectivity index (χ1n) is 10.9. The molecule has 5 aromatic rings. The van der Waals surface area contributed by atoms with E-state index in [4.69, 9.17) is 5.14 Å². The van der Waals surface area contributed by atoms with Crippen LogP contribution in [0, 0.1) is 0 Å². The van der Waals surface area contributed by atoms with E-state index in [1.165, 1.54) is 12.1 Å². The highest BCUT2D eigenvalue weighted by Crippen LogP contribution is 2.24. The van der Waals surface area contributed by atoms with Crippen molar-refractivity contribution in [2.75, 3.05) is 0 Å². The quantitative estimate of drug-likeness (QED) is 0.231. The number of nitrogens with two attached hydrogens (primary N) is 1. The third-order valence-electron chi connectivity index (χ3n) is 5.68. The van der Waals surface area contributed by atoms with E-state index in [-0.39, 0.29) is 10.7 Å². The number of benzene rings is 3. The molecule has 3 aromatic carbocycles. The Morgan fingerprint density at radius 1 is 0.972 bits per heavy atom. The van der Waals surface area contributed by atoms with Gasteiger partial charge in [0.1, 0.15) is 5.69 Å². The van der Waals surface area contributed by atoms with Gasteiger partial charge in [-0.2, -0.15) is 0 Å². The van der Waals surface area contributed by atoms with E-state index < -0.39 is 10.0 Å². The van der Waals surface area contributed by atoms with E-state index in [1.807, 2.05) is 54.7 Å². The van der Waals surface area contributed by atoms with Gasteiger partial charge in [-0.15, -0.1) is 5.10 Å². The van der Waals surface area contributed by atoms with E-state index in [1.54, 1.807) is 35.2 Å². The van der Waals surface area contributed by atoms with Gasteiger partial charge in [-0.3, -0.25) is 4.79 Å². The SMILES string of the molecule is NS(=O)(=O)c1ccc(-n2cc(Cn3cc(/C=C/C(=O)c4ccccc4Br)c4ccccc43)nn2)cc1. The molecule has 0 aliphatic carbocycles. The Kier molecular flexibility index (Phi) is 6.40. The molecule has 0 amide bonds. The van der Waals surface area contributed by atoms with Gasteiger partial charge in [-0.05, 0) is 54.6 Å². The normalized spacial score (nSPS) is 11.9. The zero-order valence-electron chi connectivity index (χ0n) is 18.8. The maximum absolute atomic E-state index is 12.7.